The Morgan fingerprint density at radius 1 is 1.40 bits per heavy atom. The van der Waals surface area contributed by atoms with Crippen molar-refractivity contribution in [2.24, 2.45) is 0 Å². The SMILES string of the molecule is CC(C)n1nc2c(c1S(=O)(=O)Cl)CCC2. The number of halogens is 1. The number of nitrogens with zero attached hydrogens (tertiary/aromatic N) is 2. The number of rotatable bonds is 2. The van der Waals surface area contributed by atoms with Crippen LogP contribution in [-0.2, 0) is 21.9 Å². The monoisotopic (exact) mass is 248 g/mol. The highest BCUT2D eigenvalue weighted by Gasteiger charge is 2.30. The van der Waals surface area contributed by atoms with E-state index in [0.29, 0.717) is 0 Å². The first-order valence-corrected chi connectivity index (χ1v) is 7.27. The summed E-state index contributed by atoms with van der Waals surface area (Å²) in [4.78, 5) is 0. The van der Waals surface area contributed by atoms with Gasteiger partial charge in [-0.05, 0) is 33.1 Å². The van der Waals surface area contributed by atoms with Gasteiger partial charge in [0.05, 0.1) is 5.69 Å². The van der Waals surface area contributed by atoms with Crippen LogP contribution in [0.1, 0.15) is 37.6 Å². The fraction of sp³-hybridized carbons (Fsp3) is 0.667. The van der Waals surface area contributed by atoms with Crippen LogP contribution in [0.2, 0.25) is 0 Å². The zero-order chi connectivity index (χ0) is 11.2. The van der Waals surface area contributed by atoms with Crippen LogP contribution in [0.25, 0.3) is 0 Å². The van der Waals surface area contributed by atoms with E-state index in [-0.39, 0.29) is 11.1 Å². The second kappa shape index (κ2) is 3.49. The molecule has 84 valence electrons. The number of aromatic nitrogens is 2. The summed E-state index contributed by atoms with van der Waals surface area (Å²) in [6.07, 6.45) is 2.59. The van der Waals surface area contributed by atoms with Crippen molar-refractivity contribution in [3.8, 4) is 0 Å². The first kappa shape index (κ1) is 11.0. The summed E-state index contributed by atoms with van der Waals surface area (Å²) in [6.45, 7) is 3.79. The van der Waals surface area contributed by atoms with E-state index in [4.69, 9.17) is 10.7 Å². The Labute approximate surface area is 93.7 Å². The van der Waals surface area contributed by atoms with Crippen LogP contribution in [0.5, 0.6) is 0 Å². The van der Waals surface area contributed by atoms with Gasteiger partial charge in [-0.3, -0.25) is 0 Å². The topological polar surface area (TPSA) is 52.0 Å². The molecule has 1 aliphatic rings. The van der Waals surface area contributed by atoms with Crippen LogP contribution in [-0.4, -0.2) is 18.2 Å². The first-order valence-electron chi connectivity index (χ1n) is 4.96. The highest BCUT2D eigenvalue weighted by Crippen LogP contribution is 2.31. The summed E-state index contributed by atoms with van der Waals surface area (Å²) in [5.74, 6) is 0. The van der Waals surface area contributed by atoms with Gasteiger partial charge in [0.1, 0.15) is 0 Å². The molecular formula is C9H13ClN2O2S. The second-order valence-corrected chi connectivity index (χ2v) is 6.54. The van der Waals surface area contributed by atoms with Crippen molar-refractivity contribution >= 4 is 19.7 Å². The molecule has 2 rings (SSSR count). The van der Waals surface area contributed by atoms with E-state index in [9.17, 15) is 8.42 Å². The van der Waals surface area contributed by atoms with Gasteiger partial charge in [-0.1, -0.05) is 0 Å². The van der Waals surface area contributed by atoms with Crippen LogP contribution < -0.4 is 0 Å². The van der Waals surface area contributed by atoms with E-state index >= 15 is 0 Å². The highest BCUT2D eigenvalue weighted by molar-refractivity contribution is 8.13. The molecule has 0 aliphatic heterocycles. The molecule has 0 saturated carbocycles. The summed E-state index contributed by atoms with van der Waals surface area (Å²) < 4.78 is 24.5. The Bertz CT molecular complexity index is 490. The Morgan fingerprint density at radius 2 is 2.07 bits per heavy atom. The average molecular weight is 249 g/mol. The second-order valence-electron chi connectivity index (χ2n) is 4.06. The molecule has 0 N–H and O–H groups in total. The molecule has 1 aromatic rings. The van der Waals surface area contributed by atoms with Gasteiger partial charge in [-0.15, -0.1) is 0 Å². The highest BCUT2D eigenvalue weighted by atomic mass is 35.7. The minimum absolute atomic E-state index is 0.0131. The lowest BCUT2D eigenvalue weighted by Crippen LogP contribution is -2.11. The van der Waals surface area contributed by atoms with Gasteiger partial charge in [-0.2, -0.15) is 5.10 Å². The Hall–Kier alpha value is -0.550. The van der Waals surface area contributed by atoms with Gasteiger partial charge in [0.2, 0.25) is 0 Å². The minimum atomic E-state index is -3.69. The summed E-state index contributed by atoms with van der Waals surface area (Å²) in [6, 6.07) is 0.0131. The maximum Gasteiger partial charge on any atom is 0.278 e. The van der Waals surface area contributed by atoms with E-state index in [2.05, 4.69) is 5.10 Å². The molecule has 0 radical (unpaired) electrons. The predicted molar refractivity (Wildman–Crippen MR) is 57.7 cm³/mol. The molecule has 1 aliphatic carbocycles. The predicted octanol–water partition coefficient (Wildman–Crippen LogP) is 1.88. The smallest absolute Gasteiger partial charge is 0.250 e. The van der Waals surface area contributed by atoms with Gasteiger partial charge in [0.25, 0.3) is 9.05 Å². The molecule has 1 heterocycles. The van der Waals surface area contributed by atoms with E-state index < -0.39 is 9.05 Å². The van der Waals surface area contributed by atoms with Gasteiger partial charge >= 0.3 is 0 Å². The maximum atomic E-state index is 11.5. The number of hydrogen-bond acceptors (Lipinski definition) is 3. The minimum Gasteiger partial charge on any atom is -0.250 e. The standard InChI is InChI=1S/C9H13ClN2O2S/c1-6(2)12-9(15(10,13)14)7-4-3-5-8(7)11-12/h6H,3-5H2,1-2H3. The molecule has 0 unspecified atom stereocenters. The lowest BCUT2D eigenvalue weighted by molar-refractivity contribution is 0.473. The van der Waals surface area contributed by atoms with Crippen molar-refractivity contribution in [1.29, 1.82) is 0 Å². The van der Waals surface area contributed by atoms with Crippen molar-refractivity contribution in [1.82, 2.24) is 9.78 Å². The molecule has 0 bridgehead atoms. The van der Waals surface area contributed by atoms with Gasteiger partial charge in [0.15, 0.2) is 5.03 Å². The molecule has 15 heavy (non-hydrogen) atoms. The summed E-state index contributed by atoms with van der Waals surface area (Å²) in [5, 5.41) is 4.51. The largest absolute Gasteiger partial charge is 0.278 e. The molecule has 0 spiro atoms. The third-order valence-electron chi connectivity index (χ3n) is 2.60. The van der Waals surface area contributed by atoms with Crippen molar-refractivity contribution in [2.45, 2.75) is 44.2 Å². The molecular weight excluding hydrogens is 236 g/mol. The summed E-state index contributed by atoms with van der Waals surface area (Å²) in [5.41, 5.74) is 1.71. The van der Waals surface area contributed by atoms with Crippen molar-refractivity contribution in [3.05, 3.63) is 11.3 Å². The molecule has 0 aromatic carbocycles. The lowest BCUT2D eigenvalue weighted by atomic mass is 10.3. The first-order chi connectivity index (χ1) is 6.91. The van der Waals surface area contributed by atoms with Crippen LogP contribution in [0.15, 0.2) is 5.03 Å². The Balaban J connectivity index is 2.69. The van der Waals surface area contributed by atoms with E-state index in [1.807, 2.05) is 13.8 Å². The fourth-order valence-corrected chi connectivity index (χ4v) is 3.47. The molecule has 1 aromatic heterocycles. The molecule has 6 heteroatoms. The van der Waals surface area contributed by atoms with Crippen molar-refractivity contribution < 1.29 is 8.42 Å². The number of fused-ring (bicyclic) bond motifs is 1. The van der Waals surface area contributed by atoms with Crippen LogP contribution in [0.3, 0.4) is 0 Å². The third kappa shape index (κ3) is 1.78. The zero-order valence-electron chi connectivity index (χ0n) is 8.70. The molecule has 0 amide bonds. The zero-order valence-corrected chi connectivity index (χ0v) is 10.3. The Morgan fingerprint density at radius 3 is 2.60 bits per heavy atom. The lowest BCUT2D eigenvalue weighted by Gasteiger charge is -2.09. The number of hydrogen-bond donors (Lipinski definition) is 0. The maximum absolute atomic E-state index is 11.5. The number of aryl methyl sites for hydroxylation is 1. The fourth-order valence-electron chi connectivity index (χ4n) is 1.99. The summed E-state index contributed by atoms with van der Waals surface area (Å²) in [7, 11) is 1.76. The molecule has 0 fully saturated rings. The molecule has 0 atom stereocenters. The molecule has 0 saturated heterocycles. The quantitative estimate of drug-likeness (QED) is 0.751. The van der Waals surface area contributed by atoms with Gasteiger partial charge in [-0.25, -0.2) is 13.1 Å². The van der Waals surface area contributed by atoms with E-state index in [1.54, 1.807) is 0 Å². The molecule has 4 nitrogen and oxygen atoms in total. The van der Waals surface area contributed by atoms with Gasteiger partial charge in [0, 0.05) is 22.3 Å². The summed E-state index contributed by atoms with van der Waals surface area (Å²) >= 11 is 0. The third-order valence-corrected chi connectivity index (χ3v) is 3.94. The normalized spacial score (nSPS) is 16.0. The van der Waals surface area contributed by atoms with Crippen molar-refractivity contribution in [3.63, 3.8) is 0 Å². The van der Waals surface area contributed by atoms with Crippen molar-refractivity contribution in [2.75, 3.05) is 0 Å². The van der Waals surface area contributed by atoms with E-state index in [0.717, 1.165) is 30.5 Å². The van der Waals surface area contributed by atoms with Crippen LogP contribution in [0.4, 0.5) is 0 Å². The van der Waals surface area contributed by atoms with E-state index in [1.165, 1.54) is 4.68 Å². The van der Waals surface area contributed by atoms with Crippen LogP contribution in [0, 0.1) is 0 Å². The van der Waals surface area contributed by atoms with Gasteiger partial charge < -0.3 is 0 Å². The van der Waals surface area contributed by atoms with Crippen LogP contribution >= 0.6 is 10.7 Å². The average Bonchev–Trinajstić information content (AvgIpc) is 2.56. The Kier molecular flexibility index (Phi) is 2.55.